The normalized spacial score (nSPS) is 27.9. The van der Waals surface area contributed by atoms with Crippen LogP contribution in [0.2, 0.25) is 0 Å². The molecule has 18 heavy (non-hydrogen) atoms. The number of thioether (sulfide) groups is 1. The molecule has 1 aliphatic carbocycles. The average Bonchev–Trinajstić information content (AvgIpc) is 2.60. The van der Waals surface area contributed by atoms with Gasteiger partial charge in [0, 0.05) is 30.6 Å². The van der Waals surface area contributed by atoms with Crippen LogP contribution in [0.15, 0.2) is 0 Å². The van der Waals surface area contributed by atoms with E-state index in [0.29, 0.717) is 6.42 Å². The van der Waals surface area contributed by atoms with Crippen LogP contribution in [0.4, 0.5) is 0 Å². The van der Waals surface area contributed by atoms with Crippen LogP contribution in [0.25, 0.3) is 0 Å². The van der Waals surface area contributed by atoms with Crippen LogP contribution in [0.5, 0.6) is 0 Å². The zero-order valence-electron chi connectivity index (χ0n) is 11.1. The molecule has 1 heterocycles. The van der Waals surface area contributed by atoms with E-state index in [4.69, 9.17) is 5.11 Å². The van der Waals surface area contributed by atoms with Crippen molar-refractivity contribution in [2.45, 2.75) is 51.0 Å². The molecule has 104 valence electrons. The molecule has 0 aromatic carbocycles. The number of hydrogen-bond acceptors (Lipinski definition) is 3. The Bertz CT molecular complexity index is 265. The number of carboxylic acids is 1. The Labute approximate surface area is 114 Å². The van der Waals surface area contributed by atoms with E-state index in [2.05, 4.69) is 4.90 Å². The maximum Gasteiger partial charge on any atom is 0.304 e. The number of aliphatic carboxylic acids is 1. The van der Waals surface area contributed by atoms with Crippen molar-refractivity contribution >= 4 is 17.7 Å². The maximum atomic E-state index is 10.9. The van der Waals surface area contributed by atoms with Crippen molar-refractivity contribution in [1.29, 1.82) is 0 Å². The molecule has 0 aromatic rings. The zero-order valence-corrected chi connectivity index (χ0v) is 12.0. The van der Waals surface area contributed by atoms with E-state index in [1.165, 1.54) is 44.3 Å². The zero-order chi connectivity index (χ0) is 12.8. The van der Waals surface area contributed by atoms with Gasteiger partial charge in [0.15, 0.2) is 0 Å². The quantitative estimate of drug-likeness (QED) is 0.798. The van der Waals surface area contributed by atoms with Crippen molar-refractivity contribution < 1.29 is 9.90 Å². The predicted molar refractivity (Wildman–Crippen MR) is 76.1 cm³/mol. The standard InChI is InChI=1S/C14H25NO2S/c16-14(17)9-13-11-18-8-7-15(13)10-12-5-3-1-2-4-6-12/h12-13H,1-11H2,(H,16,17). The summed E-state index contributed by atoms with van der Waals surface area (Å²) in [4.78, 5) is 13.4. The van der Waals surface area contributed by atoms with Crippen molar-refractivity contribution in [2.24, 2.45) is 5.92 Å². The minimum Gasteiger partial charge on any atom is -0.481 e. The van der Waals surface area contributed by atoms with Gasteiger partial charge in [0.2, 0.25) is 0 Å². The fourth-order valence-electron chi connectivity index (χ4n) is 3.20. The van der Waals surface area contributed by atoms with E-state index in [0.717, 1.165) is 24.8 Å². The summed E-state index contributed by atoms with van der Waals surface area (Å²) in [6.45, 7) is 2.22. The van der Waals surface area contributed by atoms with Gasteiger partial charge in [-0.15, -0.1) is 0 Å². The summed E-state index contributed by atoms with van der Waals surface area (Å²) in [6.07, 6.45) is 8.55. The van der Waals surface area contributed by atoms with Crippen LogP contribution in [-0.2, 0) is 4.79 Å². The molecule has 4 heteroatoms. The van der Waals surface area contributed by atoms with Gasteiger partial charge in [0.1, 0.15) is 0 Å². The molecule has 1 N–H and O–H groups in total. The highest BCUT2D eigenvalue weighted by atomic mass is 32.2. The first-order valence-corrected chi connectivity index (χ1v) is 8.45. The van der Waals surface area contributed by atoms with Gasteiger partial charge in [-0.3, -0.25) is 9.69 Å². The highest BCUT2D eigenvalue weighted by Crippen LogP contribution is 2.27. The van der Waals surface area contributed by atoms with Crippen LogP contribution in [-0.4, -0.2) is 46.6 Å². The van der Waals surface area contributed by atoms with Crippen LogP contribution in [0.3, 0.4) is 0 Å². The van der Waals surface area contributed by atoms with E-state index in [-0.39, 0.29) is 6.04 Å². The first-order chi connectivity index (χ1) is 8.75. The minimum absolute atomic E-state index is 0.268. The molecule has 1 aliphatic heterocycles. The molecule has 3 nitrogen and oxygen atoms in total. The second-order valence-corrected chi connectivity index (χ2v) is 6.83. The molecule has 1 unspecified atom stereocenters. The van der Waals surface area contributed by atoms with E-state index < -0.39 is 5.97 Å². The Morgan fingerprint density at radius 3 is 2.61 bits per heavy atom. The molecule has 0 amide bonds. The molecular weight excluding hydrogens is 246 g/mol. The Hall–Kier alpha value is -0.220. The summed E-state index contributed by atoms with van der Waals surface area (Å²) in [5.41, 5.74) is 0. The van der Waals surface area contributed by atoms with Crippen LogP contribution in [0, 0.1) is 5.92 Å². The van der Waals surface area contributed by atoms with E-state index in [9.17, 15) is 4.79 Å². The fourth-order valence-corrected chi connectivity index (χ4v) is 4.33. The van der Waals surface area contributed by atoms with Gasteiger partial charge in [-0.05, 0) is 18.8 Å². The van der Waals surface area contributed by atoms with Crippen LogP contribution < -0.4 is 0 Å². The van der Waals surface area contributed by atoms with Gasteiger partial charge in [0.05, 0.1) is 6.42 Å². The fraction of sp³-hybridized carbons (Fsp3) is 0.929. The smallest absolute Gasteiger partial charge is 0.304 e. The summed E-state index contributed by atoms with van der Waals surface area (Å²) in [5, 5.41) is 9.00. The Balaban J connectivity index is 1.85. The summed E-state index contributed by atoms with van der Waals surface area (Å²) < 4.78 is 0. The van der Waals surface area contributed by atoms with Crippen LogP contribution in [0.1, 0.15) is 44.9 Å². The Kier molecular flexibility index (Phi) is 5.83. The SMILES string of the molecule is O=C(O)CC1CSCCN1CC1CCCCCC1. The summed E-state index contributed by atoms with van der Waals surface area (Å²) in [6, 6.07) is 0.268. The molecule has 2 rings (SSSR count). The molecule has 2 aliphatic rings. The van der Waals surface area contributed by atoms with Gasteiger partial charge in [-0.2, -0.15) is 11.8 Å². The Morgan fingerprint density at radius 2 is 1.94 bits per heavy atom. The number of nitrogens with zero attached hydrogens (tertiary/aromatic N) is 1. The summed E-state index contributed by atoms with van der Waals surface area (Å²) in [5.74, 6) is 2.34. The third-order valence-electron chi connectivity index (χ3n) is 4.23. The molecule has 0 bridgehead atoms. The lowest BCUT2D eigenvalue weighted by Crippen LogP contribution is -2.45. The molecular formula is C14H25NO2S. The molecule has 0 radical (unpaired) electrons. The first-order valence-electron chi connectivity index (χ1n) is 7.29. The molecule has 1 saturated heterocycles. The topological polar surface area (TPSA) is 40.5 Å². The highest BCUT2D eigenvalue weighted by Gasteiger charge is 2.27. The van der Waals surface area contributed by atoms with Gasteiger partial charge in [-0.1, -0.05) is 25.7 Å². The second kappa shape index (κ2) is 7.39. The average molecular weight is 271 g/mol. The summed E-state index contributed by atoms with van der Waals surface area (Å²) in [7, 11) is 0. The Morgan fingerprint density at radius 1 is 1.22 bits per heavy atom. The predicted octanol–water partition coefficient (Wildman–Crippen LogP) is 2.85. The van der Waals surface area contributed by atoms with Gasteiger partial charge >= 0.3 is 5.97 Å². The van der Waals surface area contributed by atoms with Crippen molar-refractivity contribution in [3.8, 4) is 0 Å². The van der Waals surface area contributed by atoms with E-state index in [1.807, 2.05) is 11.8 Å². The third kappa shape index (κ3) is 4.47. The molecule has 0 spiro atoms. The van der Waals surface area contributed by atoms with Crippen molar-refractivity contribution in [3.05, 3.63) is 0 Å². The molecule has 1 atom stereocenters. The second-order valence-electron chi connectivity index (χ2n) is 5.68. The van der Waals surface area contributed by atoms with E-state index in [1.54, 1.807) is 0 Å². The first kappa shape index (κ1) is 14.2. The lowest BCUT2D eigenvalue weighted by molar-refractivity contribution is -0.138. The molecule has 1 saturated carbocycles. The van der Waals surface area contributed by atoms with Gasteiger partial charge in [0.25, 0.3) is 0 Å². The monoisotopic (exact) mass is 271 g/mol. The summed E-state index contributed by atoms with van der Waals surface area (Å²) >= 11 is 1.91. The van der Waals surface area contributed by atoms with Crippen molar-refractivity contribution in [2.75, 3.05) is 24.6 Å². The number of carboxylic acid groups (broad SMARTS) is 1. The number of carbonyl (C=O) groups is 1. The number of hydrogen-bond donors (Lipinski definition) is 1. The van der Waals surface area contributed by atoms with Crippen molar-refractivity contribution in [1.82, 2.24) is 4.90 Å². The lowest BCUT2D eigenvalue weighted by Gasteiger charge is -2.36. The maximum absolute atomic E-state index is 10.9. The van der Waals surface area contributed by atoms with Gasteiger partial charge < -0.3 is 5.11 Å². The van der Waals surface area contributed by atoms with Gasteiger partial charge in [-0.25, -0.2) is 0 Å². The minimum atomic E-state index is -0.645. The molecule has 2 fully saturated rings. The van der Waals surface area contributed by atoms with Crippen LogP contribution >= 0.6 is 11.8 Å². The third-order valence-corrected chi connectivity index (χ3v) is 5.32. The van der Waals surface area contributed by atoms with E-state index >= 15 is 0 Å². The van der Waals surface area contributed by atoms with Crippen molar-refractivity contribution in [3.63, 3.8) is 0 Å². The highest BCUT2D eigenvalue weighted by molar-refractivity contribution is 7.99. The lowest BCUT2D eigenvalue weighted by atomic mass is 9.98. The largest absolute Gasteiger partial charge is 0.481 e. The number of rotatable bonds is 4. The molecule has 0 aromatic heterocycles.